The summed E-state index contributed by atoms with van der Waals surface area (Å²) in [6.07, 6.45) is 8.80. The molecule has 0 saturated heterocycles. The van der Waals surface area contributed by atoms with E-state index in [9.17, 15) is 19.5 Å². The van der Waals surface area contributed by atoms with Crippen LogP contribution in [0.3, 0.4) is 0 Å². The van der Waals surface area contributed by atoms with Crippen LogP contribution in [0.2, 0.25) is 0 Å². The zero-order chi connectivity index (χ0) is 31.8. The van der Waals surface area contributed by atoms with Crippen LogP contribution in [0.4, 0.5) is 0 Å². The molecular formula is C40H35NO5. The number of nitrogens with one attached hydrogen (secondary N) is 1. The molecule has 4 aromatic carbocycles. The molecule has 46 heavy (non-hydrogen) atoms. The highest BCUT2D eigenvalue weighted by molar-refractivity contribution is 5.94. The van der Waals surface area contributed by atoms with Gasteiger partial charge in [-0.15, -0.1) is 0 Å². The van der Waals surface area contributed by atoms with E-state index < -0.39 is 23.8 Å². The summed E-state index contributed by atoms with van der Waals surface area (Å²) in [5.74, 6) is -2.60. The van der Waals surface area contributed by atoms with Crippen molar-refractivity contribution in [3.63, 3.8) is 0 Å². The third kappa shape index (κ3) is 5.45. The second kappa shape index (κ2) is 12.3. The first-order valence-electron chi connectivity index (χ1n) is 15.9. The molecule has 0 aromatic heterocycles. The molecule has 6 heteroatoms. The van der Waals surface area contributed by atoms with Crippen molar-refractivity contribution in [3.05, 3.63) is 145 Å². The first-order chi connectivity index (χ1) is 22.4. The maximum Gasteiger partial charge on any atom is 0.338 e. The number of aliphatic carboxylic acids is 1. The van der Waals surface area contributed by atoms with E-state index in [2.05, 4.69) is 23.5 Å². The van der Waals surface area contributed by atoms with Gasteiger partial charge in [-0.1, -0.05) is 91.4 Å². The lowest BCUT2D eigenvalue weighted by atomic mass is 9.72. The lowest BCUT2D eigenvalue weighted by Gasteiger charge is -2.35. The summed E-state index contributed by atoms with van der Waals surface area (Å²) in [4.78, 5) is 38.4. The maximum absolute atomic E-state index is 12.9. The largest absolute Gasteiger partial charge is 0.481 e. The number of hydrogen-bond donors (Lipinski definition) is 2. The van der Waals surface area contributed by atoms with Gasteiger partial charge < -0.3 is 15.2 Å². The molecule has 3 unspecified atom stereocenters. The average molecular weight is 610 g/mol. The Bertz CT molecular complexity index is 2130. The molecule has 7 rings (SSSR count). The highest BCUT2D eigenvalue weighted by Gasteiger charge is 2.38. The molecule has 0 fully saturated rings. The quantitative estimate of drug-likeness (QED) is 0.275. The molecule has 1 amide bonds. The fourth-order valence-electron chi connectivity index (χ4n) is 7.44. The number of esters is 1. The topological polar surface area (TPSA) is 92.7 Å². The van der Waals surface area contributed by atoms with Crippen molar-refractivity contribution in [2.24, 2.45) is 11.8 Å². The van der Waals surface area contributed by atoms with Gasteiger partial charge in [0, 0.05) is 12.0 Å². The Balaban J connectivity index is 1.32. The van der Waals surface area contributed by atoms with Crippen molar-refractivity contribution in [1.29, 1.82) is 0 Å². The van der Waals surface area contributed by atoms with Crippen molar-refractivity contribution in [2.45, 2.75) is 45.3 Å². The second-order valence-corrected chi connectivity index (χ2v) is 12.4. The number of carboxylic acid groups (broad SMARTS) is 1. The molecule has 0 spiro atoms. The third-order valence-corrected chi connectivity index (χ3v) is 9.70. The monoisotopic (exact) mass is 609 g/mol. The summed E-state index contributed by atoms with van der Waals surface area (Å²) < 4.78 is 5.58. The van der Waals surface area contributed by atoms with Gasteiger partial charge >= 0.3 is 11.9 Å². The molecule has 6 nitrogen and oxygen atoms in total. The van der Waals surface area contributed by atoms with E-state index in [-0.39, 0.29) is 18.5 Å². The number of carbonyl (C=O) groups is 3. The van der Waals surface area contributed by atoms with Gasteiger partial charge in [-0.25, -0.2) is 4.79 Å². The molecule has 3 atom stereocenters. The summed E-state index contributed by atoms with van der Waals surface area (Å²) >= 11 is 0. The van der Waals surface area contributed by atoms with E-state index in [0.29, 0.717) is 12.0 Å². The van der Waals surface area contributed by atoms with Crippen molar-refractivity contribution in [2.75, 3.05) is 0 Å². The summed E-state index contributed by atoms with van der Waals surface area (Å²) in [5, 5.41) is 17.8. The van der Waals surface area contributed by atoms with E-state index >= 15 is 0 Å². The molecule has 2 N–H and O–H groups in total. The standard InChI is InChI=1S/C40H35NO5/c1-24(39(43)44)37(38-30-11-6-5-10-26(30)16-21-36(42)41-38)35-13-7-12-31-33-18-14-27-22-28(15-17-29(27)32(33)19-20-34(31)35)40(45)46-23-25-8-3-2-4-9-25/h2-6,8-11,14-17,19-22,24,37-38H,7,12-13,18,23H2,1H3,(H,41,42)(H,43,44). The van der Waals surface area contributed by atoms with Gasteiger partial charge in [0.15, 0.2) is 0 Å². The highest BCUT2D eigenvalue weighted by atomic mass is 16.5. The molecule has 230 valence electrons. The normalized spacial score (nSPS) is 17.5. The molecule has 2 aliphatic carbocycles. The number of fused-ring (bicyclic) bond motifs is 5. The lowest BCUT2D eigenvalue weighted by molar-refractivity contribution is -0.143. The molecule has 0 bridgehead atoms. The Hall–Kier alpha value is -5.23. The number of carboxylic acids is 1. The summed E-state index contributed by atoms with van der Waals surface area (Å²) in [5.41, 5.74) is 6.90. The van der Waals surface area contributed by atoms with Crippen LogP contribution in [-0.2, 0) is 33.8 Å². The minimum Gasteiger partial charge on any atom is -0.481 e. The van der Waals surface area contributed by atoms with Crippen LogP contribution in [0.1, 0.15) is 64.0 Å². The number of benzene rings is 4. The van der Waals surface area contributed by atoms with E-state index in [1.54, 1.807) is 6.92 Å². The number of amides is 1. The fraction of sp³-hybridized carbons (Fsp3) is 0.225. The van der Waals surface area contributed by atoms with Crippen LogP contribution in [-0.4, -0.2) is 23.0 Å². The summed E-state index contributed by atoms with van der Waals surface area (Å²) in [7, 11) is 0. The number of ether oxygens (including phenoxy) is 1. The smallest absolute Gasteiger partial charge is 0.338 e. The summed E-state index contributed by atoms with van der Waals surface area (Å²) in [6, 6.07) is 27.0. The molecule has 0 saturated carbocycles. The van der Waals surface area contributed by atoms with Gasteiger partial charge in [0.25, 0.3) is 0 Å². The van der Waals surface area contributed by atoms with Crippen molar-refractivity contribution in [3.8, 4) is 0 Å². The number of carbonyl (C=O) groups excluding carboxylic acids is 2. The predicted molar refractivity (Wildman–Crippen MR) is 177 cm³/mol. The fourth-order valence-corrected chi connectivity index (χ4v) is 7.44. The van der Waals surface area contributed by atoms with Gasteiger partial charge in [-0.2, -0.15) is 0 Å². The average Bonchev–Trinajstić information content (AvgIpc) is 3.25. The van der Waals surface area contributed by atoms with Crippen LogP contribution in [0.5, 0.6) is 0 Å². The second-order valence-electron chi connectivity index (χ2n) is 12.4. The molecule has 1 heterocycles. The van der Waals surface area contributed by atoms with Gasteiger partial charge in [0.05, 0.1) is 17.5 Å². The van der Waals surface area contributed by atoms with E-state index in [1.165, 1.54) is 17.2 Å². The van der Waals surface area contributed by atoms with Crippen molar-refractivity contribution in [1.82, 2.24) is 5.32 Å². The predicted octanol–water partition coefficient (Wildman–Crippen LogP) is 5.38. The molecular weight excluding hydrogens is 574 g/mol. The van der Waals surface area contributed by atoms with Gasteiger partial charge in [0.2, 0.25) is 5.91 Å². The zero-order valence-corrected chi connectivity index (χ0v) is 25.7. The Kier molecular flexibility index (Phi) is 7.87. The third-order valence-electron chi connectivity index (χ3n) is 9.70. The number of rotatable bonds is 7. The Morgan fingerprint density at radius 2 is 1.65 bits per heavy atom. The zero-order valence-electron chi connectivity index (χ0n) is 25.7. The Labute approximate surface area is 267 Å². The lowest BCUT2D eigenvalue weighted by Crippen LogP contribution is -2.40. The minimum absolute atomic E-state index is 0.222. The van der Waals surface area contributed by atoms with E-state index in [1.807, 2.05) is 78.9 Å². The van der Waals surface area contributed by atoms with E-state index in [0.717, 1.165) is 62.4 Å². The molecule has 0 radical (unpaired) electrons. The van der Waals surface area contributed by atoms with Gasteiger partial charge in [0.1, 0.15) is 6.61 Å². The SMILES string of the molecule is CC(C(=O)O)C(C1=c2ccc3c(c2CCC1)CC=c1cc(C(=O)OCc2ccccc2)ccc1=3)C1NC(=O)C=Cc2ccccc21. The maximum atomic E-state index is 12.9. The number of hydrogen-bond acceptors (Lipinski definition) is 4. The molecule has 3 aliphatic rings. The van der Waals surface area contributed by atoms with Crippen LogP contribution in [0, 0.1) is 22.3 Å². The van der Waals surface area contributed by atoms with E-state index in [4.69, 9.17) is 4.74 Å². The molecule has 1 aliphatic heterocycles. The first-order valence-corrected chi connectivity index (χ1v) is 15.9. The summed E-state index contributed by atoms with van der Waals surface area (Å²) in [6.45, 7) is 1.98. The van der Waals surface area contributed by atoms with Crippen molar-refractivity contribution < 1.29 is 24.2 Å². The highest BCUT2D eigenvalue weighted by Crippen LogP contribution is 2.40. The van der Waals surface area contributed by atoms with Crippen LogP contribution < -0.4 is 15.8 Å². The van der Waals surface area contributed by atoms with Gasteiger partial charge in [-0.05, 0) is 92.6 Å². The first kappa shape index (κ1) is 29.5. The minimum atomic E-state index is -0.883. The van der Waals surface area contributed by atoms with Crippen molar-refractivity contribution >= 4 is 35.6 Å². The van der Waals surface area contributed by atoms with Gasteiger partial charge in [-0.3, -0.25) is 9.59 Å². The Morgan fingerprint density at radius 3 is 2.48 bits per heavy atom. The van der Waals surface area contributed by atoms with Crippen LogP contribution >= 0.6 is 0 Å². The Morgan fingerprint density at radius 1 is 0.891 bits per heavy atom. The molecule has 4 aromatic rings. The van der Waals surface area contributed by atoms with Crippen LogP contribution in [0.15, 0.2) is 91.0 Å². The van der Waals surface area contributed by atoms with Crippen LogP contribution in [0.25, 0.3) is 17.7 Å².